The molecule has 0 saturated carbocycles. The SMILES string of the molecule is CCNC(c1ccoc1Br)c1ccc(F)c2ccccc12. The molecule has 0 aliphatic heterocycles. The van der Waals surface area contributed by atoms with Crippen molar-refractivity contribution in [1.29, 1.82) is 0 Å². The third kappa shape index (κ3) is 2.61. The van der Waals surface area contributed by atoms with E-state index in [-0.39, 0.29) is 11.9 Å². The van der Waals surface area contributed by atoms with Crippen molar-refractivity contribution >= 4 is 26.7 Å². The maximum Gasteiger partial charge on any atom is 0.174 e. The number of halogens is 2. The van der Waals surface area contributed by atoms with Gasteiger partial charge in [0, 0.05) is 10.9 Å². The highest BCUT2D eigenvalue weighted by Crippen LogP contribution is 2.34. The van der Waals surface area contributed by atoms with Crippen LogP contribution >= 0.6 is 15.9 Å². The first kappa shape index (κ1) is 14.3. The Bertz CT molecular complexity index is 768. The van der Waals surface area contributed by atoms with Crippen molar-refractivity contribution in [2.24, 2.45) is 0 Å². The monoisotopic (exact) mass is 347 g/mol. The Balaban J connectivity index is 2.21. The van der Waals surface area contributed by atoms with Crippen LogP contribution in [0.3, 0.4) is 0 Å². The number of nitrogens with one attached hydrogen (secondary N) is 1. The van der Waals surface area contributed by atoms with Crippen molar-refractivity contribution in [3.63, 3.8) is 0 Å². The van der Waals surface area contributed by atoms with E-state index in [0.29, 0.717) is 10.1 Å². The van der Waals surface area contributed by atoms with Gasteiger partial charge in [-0.25, -0.2) is 4.39 Å². The van der Waals surface area contributed by atoms with E-state index in [1.165, 1.54) is 6.07 Å². The maximum absolute atomic E-state index is 14.0. The second-order valence-corrected chi connectivity index (χ2v) is 5.54. The molecule has 2 nitrogen and oxygen atoms in total. The predicted molar refractivity (Wildman–Crippen MR) is 85.8 cm³/mol. The highest BCUT2D eigenvalue weighted by molar-refractivity contribution is 9.10. The van der Waals surface area contributed by atoms with Crippen LogP contribution in [-0.2, 0) is 0 Å². The number of benzene rings is 2. The van der Waals surface area contributed by atoms with Gasteiger partial charge in [-0.3, -0.25) is 0 Å². The summed E-state index contributed by atoms with van der Waals surface area (Å²) in [4.78, 5) is 0. The largest absolute Gasteiger partial charge is 0.457 e. The fraction of sp³-hybridized carbons (Fsp3) is 0.176. The van der Waals surface area contributed by atoms with Crippen molar-refractivity contribution in [1.82, 2.24) is 5.32 Å². The van der Waals surface area contributed by atoms with Crippen molar-refractivity contribution in [3.8, 4) is 0 Å². The van der Waals surface area contributed by atoms with Gasteiger partial charge in [0.1, 0.15) is 5.82 Å². The lowest BCUT2D eigenvalue weighted by atomic mass is 9.95. The van der Waals surface area contributed by atoms with E-state index < -0.39 is 0 Å². The molecule has 1 N–H and O–H groups in total. The number of rotatable bonds is 4. The van der Waals surface area contributed by atoms with Crippen molar-refractivity contribution < 1.29 is 8.81 Å². The van der Waals surface area contributed by atoms with Gasteiger partial charge in [0.15, 0.2) is 4.67 Å². The molecule has 1 atom stereocenters. The van der Waals surface area contributed by atoms with Crippen LogP contribution in [0.2, 0.25) is 0 Å². The van der Waals surface area contributed by atoms with Gasteiger partial charge < -0.3 is 9.73 Å². The van der Waals surface area contributed by atoms with Crippen LogP contribution in [0.5, 0.6) is 0 Å². The molecule has 0 aliphatic rings. The van der Waals surface area contributed by atoms with E-state index in [0.717, 1.165) is 23.1 Å². The summed E-state index contributed by atoms with van der Waals surface area (Å²) in [5.74, 6) is -0.198. The summed E-state index contributed by atoms with van der Waals surface area (Å²) in [6.45, 7) is 2.85. The van der Waals surface area contributed by atoms with Crippen LogP contribution in [0.15, 0.2) is 57.8 Å². The van der Waals surface area contributed by atoms with Crippen molar-refractivity contribution in [2.75, 3.05) is 6.54 Å². The summed E-state index contributed by atoms with van der Waals surface area (Å²) >= 11 is 3.43. The minimum atomic E-state index is -0.198. The molecule has 108 valence electrons. The second-order valence-electron chi connectivity index (χ2n) is 4.82. The molecule has 2 aromatic carbocycles. The van der Waals surface area contributed by atoms with E-state index in [1.54, 1.807) is 6.26 Å². The van der Waals surface area contributed by atoms with Gasteiger partial charge in [0.2, 0.25) is 0 Å². The first-order valence-electron chi connectivity index (χ1n) is 6.85. The Morgan fingerprint density at radius 2 is 1.86 bits per heavy atom. The van der Waals surface area contributed by atoms with Crippen LogP contribution in [-0.4, -0.2) is 6.54 Å². The number of hydrogen-bond donors (Lipinski definition) is 1. The zero-order valence-electron chi connectivity index (χ0n) is 11.6. The quantitative estimate of drug-likeness (QED) is 0.715. The molecule has 1 unspecified atom stereocenters. The van der Waals surface area contributed by atoms with E-state index in [9.17, 15) is 4.39 Å². The van der Waals surface area contributed by atoms with E-state index in [1.807, 2.05) is 43.3 Å². The van der Waals surface area contributed by atoms with Crippen LogP contribution in [0, 0.1) is 5.82 Å². The summed E-state index contributed by atoms with van der Waals surface area (Å²) < 4.78 is 20.0. The number of hydrogen-bond acceptors (Lipinski definition) is 2. The average Bonchev–Trinajstić information content (AvgIpc) is 2.92. The van der Waals surface area contributed by atoms with Crippen molar-refractivity contribution in [3.05, 3.63) is 70.3 Å². The molecular formula is C17H15BrFNO. The van der Waals surface area contributed by atoms with Gasteiger partial charge in [-0.15, -0.1) is 0 Å². The standard InChI is InChI=1S/C17H15BrFNO/c1-2-20-16(14-9-10-21-17(14)18)13-7-8-15(19)12-6-4-3-5-11(12)13/h3-10,16,20H,2H2,1H3. The summed E-state index contributed by atoms with van der Waals surface area (Å²) in [5, 5.41) is 4.99. The molecule has 0 fully saturated rings. The lowest BCUT2D eigenvalue weighted by molar-refractivity contribution is 0.527. The number of furan rings is 1. The number of fused-ring (bicyclic) bond motifs is 1. The average molecular weight is 348 g/mol. The smallest absolute Gasteiger partial charge is 0.174 e. The molecule has 1 heterocycles. The summed E-state index contributed by atoms with van der Waals surface area (Å²) in [7, 11) is 0. The van der Waals surface area contributed by atoms with Gasteiger partial charge in [-0.1, -0.05) is 37.3 Å². The molecule has 0 amide bonds. The van der Waals surface area contributed by atoms with Crippen LogP contribution in [0.4, 0.5) is 4.39 Å². The summed E-state index contributed by atoms with van der Waals surface area (Å²) in [5.41, 5.74) is 2.05. The molecule has 3 rings (SSSR count). The molecular weight excluding hydrogens is 333 g/mol. The molecule has 0 saturated heterocycles. The maximum atomic E-state index is 14.0. The molecule has 4 heteroatoms. The van der Waals surface area contributed by atoms with Crippen LogP contribution in [0.25, 0.3) is 10.8 Å². The Labute approximate surface area is 131 Å². The van der Waals surface area contributed by atoms with Gasteiger partial charge in [0.25, 0.3) is 0 Å². The van der Waals surface area contributed by atoms with E-state index >= 15 is 0 Å². The molecule has 0 bridgehead atoms. The topological polar surface area (TPSA) is 25.2 Å². The summed E-state index contributed by atoms with van der Waals surface area (Å²) in [6.07, 6.45) is 1.65. The zero-order valence-corrected chi connectivity index (χ0v) is 13.2. The Morgan fingerprint density at radius 1 is 1.10 bits per heavy atom. The van der Waals surface area contributed by atoms with Gasteiger partial charge in [-0.05, 0) is 45.6 Å². The zero-order chi connectivity index (χ0) is 14.8. The van der Waals surface area contributed by atoms with Crippen LogP contribution < -0.4 is 5.32 Å². The minimum absolute atomic E-state index is 0.0476. The Kier molecular flexibility index (Phi) is 4.08. The fourth-order valence-electron chi connectivity index (χ4n) is 2.64. The Morgan fingerprint density at radius 3 is 2.52 bits per heavy atom. The fourth-order valence-corrected chi connectivity index (χ4v) is 3.11. The van der Waals surface area contributed by atoms with E-state index in [2.05, 4.69) is 21.2 Å². The van der Waals surface area contributed by atoms with Crippen LogP contribution in [0.1, 0.15) is 24.1 Å². The molecule has 3 aromatic rings. The van der Waals surface area contributed by atoms with E-state index in [4.69, 9.17) is 4.42 Å². The first-order valence-corrected chi connectivity index (χ1v) is 7.65. The summed E-state index contributed by atoms with van der Waals surface area (Å²) in [6, 6.07) is 12.8. The molecule has 0 radical (unpaired) electrons. The highest BCUT2D eigenvalue weighted by atomic mass is 79.9. The molecule has 1 aromatic heterocycles. The third-order valence-corrected chi connectivity index (χ3v) is 4.23. The second kappa shape index (κ2) is 6.00. The van der Waals surface area contributed by atoms with Gasteiger partial charge in [-0.2, -0.15) is 0 Å². The highest BCUT2D eigenvalue weighted by Gasteiger charge is 2.20. The third-order valence-electron chi connectivity index (χ3n) is 3.58. The lowest BCUT2D eigenvalue weighted by Gasteiger charge is -2.20. The molecule has 21 heavy (non-hydrogen) atoms. The predicted octanol–water partition coefficient (Wildman–Crippen LogP) is 5.03. The molecule has 0 aliphatic carbocycles. The van der Waals surface area contributed by atoms with Gasteiger partial charge in [0.05, 0.1) is 12.3 Å². The van der Waals surface area contributed by atoms with Crippen molar-refractivity contribution in [2.45, 2.75) is 13.0 Å². The minimum Gasteiger partial charge on any atom is -0.457 e. The molecule has 0 spiro atoms. The Hall–Kier alpha value is -1.65. The van der Waals surface area contributed by atoms with Gasteiger partial charge >= 0.3 is 0 Å². The lowest BCUT2D eigenvalue weighted by Crippen LogP contribution is -2.22. The normalized spacial score (nSPS) is 12.7. The first-order chi connectivity index (χ1) is 10.2.